The number of hydrogen-bond acceptors (Lipinski definition) is 3. The average molecular weight is 360 g/mol. The van der Waals surface area contributed by atoms with Crippen LogP contribution in [0.3, 0.4) is 0 Å². The second-order valence-corrected chi connectivity index (χ2v) is 6.40. The average Bonchev–Trinajstić information content (AvgIpc) is 2.88. The van der Waals surface area contributed by atoms with Crippen molar-refractivity contribution in [3.8, 4) is 6.07 Å². The lowest BCUT2D eigenvalue weighted by Gasteiger charge is -2.39. The van der Waals surface area contributed by atoms with Crippen molar-refractivity contribution >= 4 is 23.0 Å². The molecule has 0 bridgehead atoms. The van der Waals surface area contributed by atoms with Crippen molar-refractivity contribution in [2.24, 2.45) is 5.41 Å². The van der Waals surface area contributed by atoms with Crippen LogP contribution in [0.2, 0.25) is 0 Å². The molecule has 130 valence electrons. The zero-order valence-corrected chi connectivity index (χ0v) is 14.0. The molecule has 2 N–H and O–H groups in total. The van der Waals surface area contributed by atoms with Gasteiger partial charge in [0, 0.05) is 18.5 Å². The third kappa shape index (κ3) is 2.79. The van der Waals surface area contributed by atoms with Gasteiger partial charge in [0.1, 0.15) is 6.07 Å². The second kappa shape index (κ2) is 6.16. The predicted molar refractivity (Wildman–Crippen MR) is 85.1 cm³/mol. The highest BCUT2D eigenvalue weighted by Gasteiger charge is 2.50. The summed E-state index contributed by atoms with van der Waals surface area (Å²) in [5.74, 6) is 0. The number of rotatable bonds is 3. The van der Waals surface area contributed by atoms with Crippen LogP contribution in [0.25, 0.3) is 0 Å². The Morgan fingerprint density at radius 2 is 2.04 bits per heavy atom. The van der Waals surface area contributed by atoms with Gasteiger partial charge in [-0.25, -0.2) is 0 Å². The van der Waals surface area contributed by atoms with Crippen molar-refractivity contribution in [2.75, 3.05) is 19.8 Å². The Kier molecular flexibility index (Phi) is 4.72. The summed E-state index contributed by atoms with van der Waals surface area (Å²) in [7, 11) is 0. The molecule has 0 atom stereocenters. The highest BCUT2D eigenvalue weighted by molar-refractivity contribution is 7.80. The molecule has 2 rings (SSSR count). The Hall–Kier alpha value is -1.95. The smallest absolute Gasteiger partial charge is 0.360 e. The van der Waals surface area contributed by atoms with Gasteiger partial charge in [-0.2, -0.15) is 18.4 Å². The summed E-state index contributed by atoms with van der Waals surface area (Å²) in [6.45, 7) is 2.56. The Balaban J connectivity index is 2.83. The summed E-state index contributed by atoms with van der Waals surface area (Å²) in [5, 5.41) is 20.8. The maximum Gasteiger partial charge on any atom is 0.417 e. The number of nitrogens with zero attached hydrogens (tertiary/aromatic N) is 2. The molecule has 0 radical (unpaired) electrons. The van der Waals surface area contributed by atoms with Crippen LogP contribution in [0.1, 0.15) is 20.3 Å². The van der Waals surface area contributed by atoms with Crippen LogP contribution in [0.15, 0.2) is 22.4 Å². The molecule has 0 saturated carbocycles. The topological polar surface area (TPSA) is 62.9 Å². The fourth-order valence-corrected chi connectivity index (χ4v) is 3.35. The minimum Gasteiger partial charge on any atom is -0.360 e. The van der Waals surface area contributed by atoms with Gasteiger partial charge in [0.25, 0.3) is 0 Å². The molecule has 0 unspecified atom stereocenters. The Labute approximate surface area is 142 Å². The first-order chi connectivity index (χ1) is 11.1. The molecule has 0 spiro atoms. The summed E-state index contributed by atoms with van der Waals surface area (Å²) >= 11 is 5.08. The van der Waals surface area contributed by atoms with Crippen molar-refractivity contribution in [1.82, 2.24) is 10.2 Å². The van der Waals surface area contributed by atoms with E-state index in [9.17, 15) is 22.8 Å². The lowest BCUT2D eigenvalue weighted by molar-refractivity contribution is -0.0908. The number of halogens is 4. The molecule has 0 amide bonds. The van der Waals surface area contributed by atoms with E-state index in [-0.39, 0.29) is 28.6 Å². The van der Waals surface area contributed by atoms with Crippen molar-refractivity contribution in [3.63, 3.8) is 0 Å². The first-order valence-corrected chi connectivity index (χ1v) is 7.64. The number of nitriles is 1. The maximum atomic E-state index is 13.7. The molecule has 2 aliphatic rings. The number of nitrogens with one attached hydrogen (secondary N) is 2. The van der Waals surface area contributed by atoms with Crippen LogP contribution in [0.4, 0.5) is 17.6 Å². The first-order valence-electron chi connectivity index (χ1n) is 7.23. The van der Waals surface area contributed by atoms with Gasteiger partial charge in [0.05, 0.1) is 29.2 Å². The predicted octanol–water partition coefficient (Wildman–Crippen LogP) is 3.23. The molecule has 9 heteroatoms. The molecular weight excluding hydrogens is 344 g/mol. The van der Waals surface area contributed by atoms with Gasteiger partial charge in [-0.1, -0.05) is 13.8 Å². The molecule has 1 heterocycles. The van der Waals surface area contributed by atoms with Gasteiger partial charge >= 0.3 is 6.18 Å². The van der Waals surface area contributed by atoms with Gasteiger partial charge in [-0.05, 0) is 24.2 Å². The summed E-state index contributed by atoms with van der Waals surface area (Å²) in [4.78, 5) is 1.34. The summed E-state index contributed by atoms with van der Waals surface area (Å²) in [6.07, 6.45) is -5.31. The number of allylic oxidation sites excluding steroid dienone is 4. The number of alkyl halides is 4. The zero-order valence-electron chi connectivity index (χ0n) is 13.1. The molecule has 1 fully saturated rings. The van der Waals surface area contributed by atoms with E-state index >= 15 is 0 Å². The van der Waals surface area contributed by atoms with E-state index in [1.165, 1.54) is 18.7 Å². The maximum absolute atomic E-state index is 13.7. The molecule has 0 aromatic rings. The Morgan fingerprint density at radius 1 is 1.42 bits per heavy atom. The van der Waals surface area contributed by atoms with E-state index in [1.807, 2.05) is 0 Å². The highest BCUT2D eigenvalue weighted by atomic mass is 32.1. The largest absolute Gasteiger partial charge is 0.417 e. The lowest BCUT2D eigenvalue weighted by Crippen LogP contribution is -2.43. The van der Waals surface area contributed by atoms with Gasteiger partial charge in [0.15, 0.2) is 5.11 Å². The van der Waals surface area contributed by atoms with Gasteiger partial charge in [0.2, 0.25) is 0 Å². The van der Waals surface area contributed by atoms with Crippen LogP contribution in [0.5, 0.6) is 0 Å². The SMILES string of the molecule is CC1(C)C(=N)C(N2CCNC2=S)=C(C#N)C(C(F)(F)F)=C1CCF. The molecule has 0 aromatic carbocycles. The molecule has 0 aromatic heterocycles. The van der Waals surface area contributed by atoms with Crippen molar-refractivity contribution < 1.29 is 17.6 Å². The molecule has 1 aliphatic heterocycles. The zero-order chi connectivity index (χ0) is 18.3. The summed E-state index contributed by atoms with van der Waals surface area (Å²) in [6, 6.07) is 1.57. The molecular formula is C15H16F4N4S. The molecule has 1 saturated heterocycles. The van der Waals surface area contributed by atoms with Gasteiger partial charge in [-0.3, -0.25) is 4.39 Å². The van der Waals surface area contributed by atoms with E-state index in [0.717, 1.165) is 0 Å². The van der Waals surface area contributed by atoms with E-state index in [2.05, 4.69) is 5.32 Å². The van der Waals surface area contributed by atoms with Crippen molar-refractivity contribution in [1.29, 1.82) is 10.7 Å². The monoisotopic (exact) mass is 360 g/mol. The number of thiocarbonyl (C=S) groups is 1. The third-order valence-corrected chi connectivity index (χ3v) is 4.64. The van der Waals surface area contributed by atoms with E-state index in [1.54, 1.807) is 6.07 Å². The van der Waals surface area contributed by atoms with Gasteiger partial charge < -0.3 is 15.6 Å². The van der Waals surface area contributed by atoms with Crippen molar-refractivity contribution in [2.45, 2.75) is 26.4 Å². The summed E-state index contributed by atoms with van der Waals surface area (Å²) < 4.78 is 53.9. The van der Waals surface area contributed by atoms with Crippen LogP contribution in [-0.4, -0.2) is 41.7 Å². The van der Waals surface area contributed by atoms with Crippen LogP contribution >= 0.6 is 12.2 Å². The third-order valence-electron chi connectivity index (χ3n) is 4.27. The normalized spacial score (nSPS) is 21.3. The fourth-order valence-electron chi connectivity index (χ4n) is 3.06. The van der Waals surface area contributed by atoms with E-state index in [0.29, 0.717) is 6.54 Å². The molecule has 4 nitrogen and oxygen atoms in total. The van der Waals surface area contributed by atoms with E-state index < -0.39 is 35.8 Å². The second-order valence-electron chi connectivity index (χ2n) is 6.01. The Morgan fingerprint density at radius 3 is 2.46 bits per heavy atom. The Bertz CT molecular complexity index is 697. The van der Waals surface area contributed by atoms with Crippen molar-refractivity contribution in [3.05, 3.63) is 22.4 Å². The fraction of sp³-hybridized carbons (Fsp3) is 0.533. The van der Waals surface area contributed by atoms with E-state index in [4.69, 9.17) is 17.6 Å². The first kappa shape index (κ1) is 18.4. The van der Waals surface area contributed by atoms with Crippen LogP contribution in [-0.2, 0) is 0 Å². The molecule has 1 aliphatic carbocycles. The minimum absolute atomic E-state index is 0.146. The highest BCUT2D eigenvalue weighted by Crippen LogP contribution is 2.48. The van der Waals surface area contributed by atoms with Gasteiger partial charge in [-0.15, -0.1) is 0 Å². The quantitative estimate of drug-likeness (QED) is 0.599. The molecule has 24 heavy (non-hydrogen) atoms. The standard InChI is InChI=1S/C15H16F4N4S/c1-14(2)9(3-4-16)10(15(17,18)19)8(7-20)11(12(14)21)23-6-5-22-13(23)24/h21H,3-6H2,1-2H3,(H,22,24). The lowest BCUT2D eigenvalue weighted by atomic mass is 9.69. The minimum atomic E-state index is -4.83. The van der Waals surface area contributed by atoms with Crippen LogP contribution in [0, 0.1) is 22.2 Å². The number of hydrogen-bond donors (Lipinski definition) is 2. The summed E-state index contributed by atoms with van der Waals surface area (Å²) in [5.41, 5.74) is -3.75. The van der Waals surface area contributed by atoms with Crippen LogP contribution < -0.4 is 5.32 Å².